The fourth-order valence-electron chi connectivity index (χ4n) is 1.81. The first-order valence-electron chi connectivity index (χ1n) is 9.22. The second kappa shape index (κ2) is 10.4. The van der Waals surface area contributed by atoms with Crippen LogP contribution in [0.1, 0.15) is 41.5 Å². The van der Waals surface area contributed by atoms with E-state index in [4.69, 9.17) is 9.47 Å². The lowest BCUT2D eigenvalue weighted by Crippen LogP contribution is -2.33. The maximum Gasteiger partial charge on any atom is 0.328 e. The molecule has 1 aromatic rings. The molecule has 0 bridgehead atoms. The number of esters is 2. The molecule has 0 spiro atoms. The highest BCUT2D eigenvalue weighted by Crippen LogP contribution is 2.34. The molecule has 1 unspecified atom stereocenters. The van der Waals surface area contributed by atoms with Crippen molar-refractivity contribution in [3.8, 4) is 0 Å². The van der Waals surface area contributed by atoms with E-state index in [-0.39, 0.29) is 17.2 Å². The van der Waals surface area contributed by atoms with E-state index in [0.29, 0.717) is 0 Å². The minimum Gasteiger partial charge on any atom is -0.418 e. The van der Waals surface area contributed by atoms with E-state index in [1.54, 1.807) is 47.6 Å². The molecule has 0 saturated heterocycles. The molecule has 0 aliphatic heterocycles. The summed E-state index contributed by atoms with van der Waals surface area (Å²) in [6, 6.07) is -1.48. The summed E-state index contributed by atoms with van der Waals surface area (Å²) in [7, 11) is -2.69. The third-order valence-corrected chi connectivity index (χ3v) is 5.64. The van der Waals surface area contributed by atoms with Crippen molar-refractivity contribution in [2.45, 2.75) is 54.1 Å². The molecule has 0 saturated carbocycles. The standard InChI is InChI=1S/C19H28BrN2O7P/c1-18(2,3)14(24)28-17(29-15(25)19(4,5)6)30(27)10-8-7-9-22-11-12(20)13(23)21-16(22)26/h7-8,11,17,30H,9-10H2,1-6H3,(H,21,23,26)/b8-7+. The van der Waals surface area contributed by atoms with Crippen LogP contribution in [-0.2, 0) is 30.2 Å². The predicted molar refractivity (Wildman–Crippen MR) is 117 cm³/mol. The first-order valence-corrected chi connectivity index (χ1v) is 11.7. The molecule has 0 aromatic carbocycles. The Bertz CT molecular complexity index is 923. The highest BCUT2D eigenvalue weighted by atomic mass is 79.9. The second-order valence-electron chi connectivity index (χ2n) is 8.67. The van der Waals surface area contributed by atoms with Gasteiger partial charge in [-0.05, 0) is 57.5 Å². The molecule has 11 heteroatoms. The van der Waals surface area contributed by atoms with Gasteiger partial charge in [-0.15, -0.1) is 0 Å². The molecule has 1 atom stereocenters. The molecule has 1 heterocycles. The largest absolute Gasteiger partial charge is 0.418 e. The van der Waals surface area contributed by atoms with Crippen molar-refractivity contribution in [1.29, 1.82) is 0 Å². The Kier molecular flexibility index (Phi) is 9.05. The lowest BCUT2D eigenvalue weighted by atomic mass is 9.97. The van der Waals surface area contributed by atoms with E-state index in [1.165, 1.54) is 16.8 Å². The molecule has 0 fully saturated rings. The lowest BCUT2D eigenvalue weighted by molar-refractivity contribution is -0.184. The number of allylic oxidation sites excluding steroid dienone is 2. The summed E-state index contributed by atoms with van der Waals surface area (Å²) in [4.78, 5) is 49.6. The van der Waals surface area contributed by atoms with Crippen LogP contribution in [0.4, 0.5) is 0 Å². The van der Waals surface area contributed by atoms with E-state index < -0.39 is 47.8 Å². The van der Waals surface area contributed by atoms with Crippen LogP contribution in [0.3, 0.4) is 0 Å². The minimum atomic E-state index is -2.69. The van der Waals surface area contributed by atoms with E-state index in [9.17, 15) is 23.7 Å². The Morgan fingerprint density at radius 1 is 1.10 bits per heavy atom. The van der Waals surface area contributed by atoms with Crippen molar-refractivity contribution in [1.82, 2.24) is 9.55 Å². The molecule has 168 valence electrons. The van der Waals surface area contributed by atoms with Crippen molar-refractivity contribution < 1.29 is 23.6 Å². The molecule has 0 aliphatic rings. The molecule has 1 N–H and O–H groups in total. The van der Waals surface area contributed by atoms with Gasteiger partial charge in [0.15, 0.2) is 7.80 Å². The zero-order valence-electron chi connectivity index (χ0n) is 17.9. The second-order valence-corrected chi connectivity index (χ2v) is 11.3. The van der Waals surface area contributed by atoms with Gasteiger partial charge >= 0.3 is 17.6 Å². The lowest BCUT2D eigenvalue weighted by Gasteiger charge is -2.25. The smallest absolute Gasteiger partial charge is 0.328 e. The number of H-pyrrole nitrogens is 1. The van der Waals surface area contributed by atoms with Crippen LogP contribution >= 0.6 is 23.7 Å². The quantitative estimate of drug-likeness (QED) is 0.261. The fourth-order valence-corrected chi connectivity index (χ4v) is 3.22. The summed E-state index contributed by atoms with van der Waals surface area (Å²) in [6.45, 7) is 9.93. The molecule has 0 aliphatic carbocycles. The van der Waals surface area contributed by atoms with Crippen LogP contribution in [0.25, 0.3) is 0 Å². The van der Waals surface area contributed by atoms with Crippen LogP contribution in [-0.4, -0.2) is 33.7 Å². The van der Waals surface area contributed by atoms with Crippen LogP contribution in [0, 0.1) is 10.8 Å². The number of hydrogen-bond acceptors (Lipinski definition) is 7. The Morgan fingerprint density at radius 2 is 1.60 bits per heavy atom. The third-order valence-electron chi connectivity index (χ3n) is 3.67. The Balaban J connectivity index is 2.88. The molecular formula is C19H28BrN2O7P. The van der Waals surface area contributed by atoms with Gasteiger partial charge in [-0.25, -0.2) is 4.79 Å². The summed E-state index contributed by atoms with van der Waals surface area (Å²) in [6.07, 6.45) is 4.44. The van der Waals surface area contributed by atoms with Crippen molar-refractivity contribution >= 4 is 35.7 Å². The van der Waals surface area contributed by atoms with Gasteiger partial charge in [-0.1, -0.05) is 12.2 Å². The van der Waals surface area contributed by atoms with Crippen molar-refractivity contribution in [3.63, 3.8) is 0 Å². The average molecular weight is 507 g/mol. The van der Waals surface area contributed by atoms with Crippen molar-refractivity contribution in [2.75, 3.05) is 6.16 Å². The Morgan fingerprint density at radius 3 is 2.07 bits per heavy atom. The van der Waals surface area contributed by atoms with E-state index >= 15 is 0 Å². The summed E-state index contributed by atoms with van der Waals surface area (Å²) in [5, 5.41) is 0. The van der Waals surface area contributed by atoms with E-state index in [2.05, 4.69) is 20.9 Å². The molecule has 1 aromatic heterocycles. The van der Waals surface area contributed by atoms with Gasteiger partial charge in [-0.2, -0.15) is 0 Å². The molecule has 0 amide bonds. The first kappa shape index (κ1) is 26.1. The number of hydrogen-bond donors (Lipinski definition) is 1. The third kappa shape index (κ3) is 8.07. The van der Waals surface area contributed by atoms with Crippen LogP contribution in [0.5, 0.6) is 0 Å². The monoisotopic (exact) mass is 506 g/mol. The number of rotatable bonds is 7. The molecular weight excluding hydrogens is 479 g/mol. The van der Waals surface area contributed by atoms with Gasteiger partial charge in [0.1, 0.15) is 0 Å². The van der Waals surface area contributed by atoms with Gasteiger partial charge in [0.25, 0.3) is 11.6 Å². The number of halogens is 1. The number of aromatic amines is 1. The van der Waals surface area contributed by atoms with Gasteiger partial charge in [-0.3, -0.25) is 23.9 Å². The number of nitrogens with zero attached hydrogens (tertiary/aromatic N) is 1. The van der Waals surface area contributed by atoms with Gasteiger partial charge in [0, 0.05) is 18.9 Å². The molecule has 9 nitrogen and oxygen atoms in total. The predicted octanol–water partition coefficient (Wildman–Crippen LogP) is 2.88. The average Bonchev–Trinajstić information content (AvgIpc) is 2.60. The number of nitrogens with one attached hydrogen (secondary N) is 1. The van der Waals surface area contributed by atoms with Crippen LogP contribution in [0.15, 0.2) is 32.4 Å². The summed E-state index contributed by atoms with van der Waals surface area (Å²) >= 11 is 3.04. The van der Waals surface area contributed by atoms with Crippen LogP contribution in [0.2, 0.25) is 0 Å². The first-order chi connectivity index (χ1) is 13.6. The summed E-state index contributed by atoms with van der Waals surface area (Å²) in [5.41, 5.74) is -2.84. The number of aromatic nitrogens is 2. The Hall–Kier alpha value is -1.93. The minimum absolute atomic E-state index is 0.0105. The van der Waals surface area contributed by atoms with Gasteiger partial charge in [0.05, 0.1) is 15.3 Å². The van der Waals surface area contributed by atoms with Gasteiger partial charge in [0.2, 0.25) is 0 Å². The molecule has 0 radical (unpaired) electrons. The van der Waals surface area contributed by atoms with Crippen molar-refractivity contribution in [3.05, 3.63) is 43.7 Å². The summed E-state index contributed by atoms with van der Waals surface area (Å²) in [5.74, 6) is -1.28. The molecule has 1 rings (SSSR count). The van der Waals surface area contributed by atoms with E-state index in [0.717, 1.165) is 0 Å². The normalized spacial score (nSPS) is 13.5. The van der Waals surface area contributed by atoms with Crippen molar-refractivity contribution in [2.24, 2.45) is 10.8 Å². The Labute approximate surface area is 183 Å². The highest BCUT2D eigenvalue weighted by Gasteiger charge is 2.34. The zero-order valence-corrected chi connectivity index (χ0v) is 20.5. The van der Waals surface area contributed by atoms with Crippen LogP contribution < -0.4 is 11.2 Å². The molecule has 30 heavy (non-hydrogen) atoms. The fraction of sp³-hybridized carbons (Fsp3) is 0.579. The number of ether oxygens (including phenoxy) is 2. The number of carbonyl (C=O) groups excluding carboxylic acids is 2. The maximum absolute atomic E-state index is 12.7. The topological polar surface area (TPSA) is 125 Å². The summed E-state index contributed by atoms with van der Waals surface area (Å²) < 4.78 is 24.6. The SMILES string of the molecule is CC(C)(C)C(=O)OC(OC(=O)C(C)(C)C)[PH](=O)C/C=C/Cn1cc(Br)c(=O)[nH]c1=O. The highest BCUT2D eigenvalue weighted by molar-refractivity contribution is 9.10. The van der Waals surface area contributed by atoms with E-state index in [1.807, 2.05) is 0 Å². The maximum atomic E-state index is 12.7. The number of carbonyl (C=O) groups is 2. The van der Waals surface area contributed by atoms with Gasteiger partial charge < -0.3 is 14.0 Å². The zero-order chi connectivity index (χ0) is 23.3.